The fourth-order valence-corrected chi connectivity index (χ4v) is 8.02. The Morgan fingerprint density at radius 3 is 1.25 bits per heavy atom. The molecule has 0 N–H and O–H groups in total. The first-order valence-electron chi connectivity index (χ1n) is 9.85. The number of ether oxygens (including phenoxy) is 1. The summed E-state index contributed by atoms with van der Waals surface area (Å²) in [5.41, 5.74) is 1.32. The Kier molecular flexibility index (Phi) is 9.94. The summed E-state index contributed by atoms with van der Waals surface area (Å²) in [5.74, 6) is 0.895. The summed E-state index contributed by atoms with van der Waals surface area (Å²) in [4.78, 5) is 0. The van der Waals surface area contributed by atoms with Gasteiger partial charge in [-0.2, -0.15) is 0 Å². The molecule has 4 aromatic carbocycles. The fourth-order valence-electron chi connectivity index (χ4n) is 3.77. The van der Waals surface area contributed by atoms with Gasteiger partial charge in [-0.3, -0.25) is 0 Å². The zero-order valence-electron chi connectivity index (χ0n) is 17.5. The van der Waals surface area contributed by atoms with Crippen molar-refractivity contribution in [1.29, 1.82) is 0 Å². The molecular formula is C26H24Cl3CuOP. The average molecular weight is 553 g/mol. The summed E-state index contributed by atoms with van der Waals surface area (Å²) in [7, 11) is 14.4. The Morgan fingerprint density at radius 2 is 0.938 bits per heavy atom. The summed E-state index contributed by atoms with van der Waals surface area (Å²) >= 11 is -0.896. The van der Waals surface area contributed by atoms with Gasteiger partial charge in [0, 0.05) is 0 Å². The van der Waals surface area contributed by atoms with E-state index in [0.717, 1.165) is 11.9 Å². The summed E-state index contributed by atoms with van der Waals surface area (Å²) in [6, 6.07) is 41.5. The minimum atomic E-state index is -1.84. The molecule has 0 saturated heterocycles. The number of halogens is 3. The van der Waals surface area contributed by atoms with Gasteiger partial charge in [0.2, 0.25) is 0 Å². The average Bonchev–Trinajstić information content (AvgIpc) is 2.84. The van der Waals surface area contributed by atoms with E-state index in [1.54, 1.807) is 7.11 Å². The van der Waals surface area contributed by atoms with Crippen LogP contribution in [0.4, 0.5) is 0 Å². The number of methoxy groups -OCH3 is 1. The number of rotatable bonds is 6. The van der Waals surface area contributed by atoms with Crippen molar-refractivity contribution in [1.82, 2.24) is 0 Å². The molecular weight excluding hydrogens is 529 g/mol. The van der Waals surface area contributed by atoms with Gasteiger partial charge in [0.05, 0.1) is 13.3 Å². The molecule has 0 amide bonds. The van der Waals surface area contributed by atoms with Crippen molar-refractivity contribution in [3.05, 3.63) is 121 Å². The fraction of sp³-hybridized carbons (Fsp3) is 0.0769. The molecule has 0 saturated carbocycles. The number of benzene rings is 4. The molecule has 0 unspecified atom stereocenters. The van der Waals surface area contributed by atoms with Crippen LogP contribution in [0.1, 0.15) is 5.56 Å². The molecule has 0 aromatic heterocycles. The van der Waals surface area contributed by atoms with Gasteiger partial charge in [-0.1, -0.05) is 66.7 Å². The van der Waals surface area contributed by atoms with Gasteiger partial charge in [-0.05, 0) is 54.1 Å². The third-order valence-electron chi connectivity index (χ3n) is 5.17. The van der Waals surface area contributed by atoms with Crippen LogP contribution in [0, 0.1) is 0 Å². The first kappa shape index (κ1) is 25.1. The van der Waals surface area contributed by atoms with Crippen molar-refractivity contribution >= 4 is 53.5 Å². The quantitative estimate of drug-likeness (QED) is 0.181. The molecule has 0 aliphatic heterocycles. The molecule has 6 heteroatoms. The summed E-state index contributed by atoms with van der Waals surface area (Å²) in [6.07, 6.45) is 0.981. The maximum absolute atomic E-state index is 5.36. The normalized spacial score (nSPS) is 11.2. The van der Waals surface area contributed by atoms with E-state index < -0.39 is 18.4 Å². The molecule has 0 bridgehead atoms. The van der Waals surface area contributed by atoms with Crippen LogP contribution >= 0.6 is 37.6 Å². The van der Waals surface area contributed by atoms with Crippen molar-refractivity contribution < 1.29 is 15.9 Å². The van der Waals surface area contributed by atoms with Gasteiger partial charge in [0.25, 0.3) is 0 Å². The minimum absolute atomic E-state index is 0.895. The molecule has 0 fully saturated rings. The molecule has 0 radical (unpaired) electrons. The molecule has 0 atom stereocenters. The molecule has 0 spiro atoms. The van der Waals surface area contributed by atoms with Gasteiger partial charge >= 0.3 is 41.5 Å². The standard InChI is InChI=1S/C26H24OP.3ClH.Cu/c1-27-23-19-17-22(18-20-23)21-28(24-11-5-2-6-12-24,25-13-7-3-8-14-25)26-15-9-4-10-16-26;;;;/h2-20H,21H2,1H3;3*1H;/q+1;;;;+2/p-3. The van der Waals surface area contributed by atoms with Gasteiger partial charge in [-0.25, -0.2) is 0 Å². The molecule has 0 aliphatic carbocycles. The van der Waals surface area contributed by atoms with Crippen LogP contribution < -0.4 is 20.7 Å². The number of hydrogen-bond acceptors (Lipinski definition) is 1. The van der Waals surface area contributed by atoms with Crippen LogP contribution in [-0.4, -0.2) is 7.11 Å². The Balaban J connectivity index is 0.000000668. The summed E-state index contributed by atoms with van der Waals surface area (Å²) in [5, 5.41) is 4.22. The molecule has 0 aliphatic rings. The summed E-state index contributed by atoms with van der Waals surface area (Å²) in [6.45, 7) is 0. The van der Waals surface area contributed by atoms with E-state index in [0.29, 0.717) is 0 Å². The van der Waals surface area contributed by atoms with Crippen LogP contribution in [0.25, 0.3) is 0 Å². The van der Waals surface area contributed by atoms with Crippen LogP contribution in [0.3, 0.4) is 0 Å². The molecule has 32 heavy (non-hydrogen) atoms. The molecule has 4 aromatic rings. The Hall–Kier alpha value is -1.50. The SMILES string of the molecule is COc1ccc(C[P+](c2ccccc2)(c2ccccc2)c2ccccc2)cc1.[Cl][Cu-]([Cl])[Cl]. The second-order valence-corrected chi connectivity index (χ2v) is 15.1. The zero-order chi connectivity index (χ0) is 22.8. The third-order valence-corrected chi connectivity index (χ3v) is 9.55. The zero-order valence-corrected chi connectivity index (χ0v) is 21.6. The van der Waals surface area contributed by atoms with E-state index in [4.69, 9.17) is 35.0 Å². The predicted octanol–water partition coefficient (Wildman–Crippen LogP) is 7.26. The van der Waals surface area contributed by atoms with Crippen LogP contribution in [0.2, 0.25) is 0 Å². The van der Waals surface area contributed by atoms with E-state index in [1.807, 2.05) is 0 Å². The van der Waals surface area contributed by atoms with E-state index >= 15 is 0 Å². The first-order valence-corrected chi connectivity index (χ1v) is 15.7. The monoisotopic (exact) mass is 551 g/mol. The van der Waals surface area contributed by atoms with E-state index in [2.05, 4.69) is 115 Å². The van der Waals surface area contributed by atoms with E-state index in [-0.39, 0.29) is 0 Å². The van der Waals surface area contributed by atoms with Crippen molar-refractivity contribution in [3.8, 4) is 5.75 Å². The van der Waals surface area contributed by atoms with E-state index in [9.17, 15) is 0 Å². The predicted molar refractivity (Wildman–Crippen MR) is 139 cm³/mol. The topological polar surface area (TPSA) is 9.23 Å². The summed E-state index contributed by atoms with van der Waals surface area (Å²) < 4.78 is 5.36. The van der Waals surface area contributed by atoms with Crippen molar-refractivity contribution in [3.63, 3.8) is 0 Å². The molecule has 1 nitrogen and oxygen atoms in total. The first-order chi connectivity index (χ1) is 15.6. The molecule has 0 heterocycles. The Morgan fingerprint density at radius 1 is 0.594 bits per heavy atom. The third kappa shape index (κ3) is 6.52. The van der Waals surface area contributed by atoms with Crippen LogP contribution in [0.5, 0.6) is 5.75 Å². The van der Waals surface area contributed by atoms with Crippen LogP contribution in [0.15, 0.2) is 115 Å². The number of hydrogen-bond donors (Lipinski definition) is 0. The van der Waals surface area contributed by atoms with Crippen molar-refractivity contribution in [2.75, 3.05) is 7.11 Å². The van der Waals surface area contributed by atoms with E-state index in [1.165, 1.54) is 21.5 Å². The maximum atomic E-state index is 5.36. The Labute approximate surface area is 208 Å². The Bertz CT molecular complexity index is 963. The van der Waals surface area contributed by atoms with Crippen molar-refractivity contribution in [2.24, 2.45) is 0 Å². The second-order valence-electron chi connectivity index (χ2n) is 6.95. The van der Waals surface area contributed by atoms with Gasteiger partial charge < -0.3 is 4.74 Å². The van der Waals surface area contributed by atoms with Gasteiger partial charge in [-0.15, -0.1) is 0 Å². The second kappa shape index (κ2) is 12.7. The van der Waals surface area contributed by atoms with Gasteiger partial charge in [0.1, 0.15) is 28.9 Å². The molecule has 4 rings (SSSR count). The molecule has 171 valence electrons. The van der Waals surface area contributed by atoms with Crippen molar-refractivity contribution in [2.45, 2.75) is 6.16 Å². The van der Waals surface area contributed by atoms with Crippen LogP contribution in [-0.2, 0) is 17.3 Å². The van der Waals surface area contributed by atoms with Gasteiger partial charge in [0.15, 0.2) is 0 Å².